The van der Waals surface area contributed by atoms with Crippen molar-refractivity contribution in [2.24, 2.45) is 0 Å². The van der Waals surface area contributed by atoms with Gasteiger partial charge in [-0.15, -0.1) is 0 Å². The number of ether oxygens (including phenoxy) is 1. The van der Waals surface area contributed by atoms with Gasteiger partial charge in [-0.05, 0) is 54.2 Å². The Morgan fingerprint density at radius 2 is 0.951 bits per heavy atom. The number of rotatable bonds is 10. The highest BCUT2D eigenvalue weighted by molar-refractivity contribution is 7.27. The van der Waals surface area contributed by atoms with Crippen LogP contribution in [0.4, 0.5) is 0 Å². The van der Waals surface area contributed by atoms with Crippen molar-refractivity contribution in [3.05, 3.63) is 102 Å². The molecule has 0 saturated carbocycles. The van der Waals surface area contributed by atoms with E-state index >= 15 is 0 Å². The van der Waals surface area contributed by atoms with Crippen LogP contribution in [0.3, 0.4) is 0 Å². The van der Waals surface area contributed by atoms with Gasteiger partial charge in [-0.25, -0.2) is 0 Å². The van der Waals surface area contributed by atoms with E-state index in [9.17, 15) is 0 Å². The van der Waals surface area contributed by atoms with Gasteiger partial charge in [0, 0.05) is 22.3 Å². The Morgan fingerprint density at radius 3 is 1.44 bits per heavy atom. The molecule has 5 nitrogen and oxygen atoms in total. The zero-order valence-corrected chi connectivity index (χ0v) is 27.1. The van der Waals surface area contributed by atoms with Gasteiger partial charge in [-0.3, -0.25) is 0 Å². The smallest absolute Gasteiger partial charge is 0.275 e. The summed E-state index contributed by atoms with van der Waals surface area (Å²) in [6.45, 7) is 15.1. The lowest BCUT2D eigenvalue weighted by Crippen LogP contribution is -2.12. The minimum absolute atomic E-state index is 0.0394. The maximum Gasteiger partial charge on any atom is 0.275 e. The minimum Gasteiger partial charge on any atom is -0.497 e. The van der Waals surface area contributed by atoms with E-state index in [0.29, 0.717) is 5.75 Å². The highest BCUT2D eigenvalue weighted by Crippen LogP contribution is 2.43. The van der Waals surface area contributed by atoms with Crippen molar-refractivity contribution in [1.82, 2.24) is 0 Å². The highest BCUT2D eigenvalue weighted by atomic mass is 31.1. The average Bonchev–Trinajstić information content (AvgIpc) is 2.93. The molecule has 2 atom stereocenters. The van der Waals surface area contributed by atoms with Crippen LogP contribution in [-0.2, 0) is 10.8 Å². The average molecular weight is 591 g/mol. The van der Waals surface area contributed by atoms with Gasteiger partial charge in [0.1, 0.15) is 28.7 Å². The molecule has 2 unspecified atom stereocenters. The number of methoxy groups -OCH3 is 1. The third-order valence-corrected chi connectivity index (χ3v) is 7.82. The fourth-order valence-electron chi connectivity index (χ4n) is 4.41. The van der Waals surface area contributed by atoms with Gasteiger partial charge in [-0.2, -0.15) is 0 Å². The Kier molecular flexibility index (Phi) is 9.84. The van der Waals surface area contributed by atoms with Crippen molar-refractivity contribution in [1.29, 1.82) is 0 Å². The van der Waals surface area contributed by atoms with Crippen molar-refractivity contribution in [2.75, 3.05) is 7.11 Å². The Hall–Kier alpha value is -3.26. The lowest BCUT2D eigenvalue weighted by Gasteiger charge is -2.23. The van der Waals surface area contributed by atoms with E-state index in [1.165, 1.54) is 5.56 Å². The summed E-state index contributed by atoms with van der Waals surface area (Å²) in [6.07, 6.45) is 0. The lowest BCUT2D eigenvalue weighted by molar-refractivity contribution is 0.410. The molecule has 7 heteroatoms. The summed E-state index contributed by atoms with van der Waals surface area (Å²) in [7, 11) is 1.23. The quantitative estimate of drug-likeness (QED) is 0.172. The van der Waals surface area contributed by atoms with E-state index in [1.807, 2.05) is 72.8 Å². The van der Waals surface area contributed by atoms with Crippen LogP contribution in [0.5, 0.6) is 28.7 Å². The van der Waals surface area contributed by atoms with Crippen LogP contribution < -0.4 is 22.8 Å². The Bertz CT molecular complexity index is 1470. The summed E-state index contributed by atoms with van der Waals surface area (Å²) in [6, 6.07) is 28.0. The first-order valence-electron chi connectivity index (χ1n) is 13.6. The number of hydrogen-bond acceptors (Lipinski definition) is 5. The van der Waals surface area contributed by atoms with Crippen LogP contribution in [0.25, 0.3) is 11.1 Å². The van der Waals surface area contributed by atoms with Crippen LogP contribution in [0, 0.1) is 6.92 Å². The standard InChI is InChI=1S/C34H40O5P2/c1-23-17-19-31(27(21-23)33(2,3)4)38-40-36-29-15-11-9-13-25(29)26-14-10-12-16-30(26)37-41-39-32-20-18-24(35-8)22-28(32)34(5,6)7/h9-22,40-41H,1-8H3. The molecule has 0 amide bonds. The summed E-state index contributed by atoms with van der Waals surface area (Å²) in [5.41, 5.74) is 5.11. The summed E-state index contributed by atoms with van der Waals surface area (Å²) in [4.78, 5) is 0. The third-order valence-electron chi connectivity index (χ3n) is 6.61. The van der Waals surface area contributed by atoms with E-state index in [2.05, 4.69) is 60.6 Å². The maximum atomic E-state index is 6.21. The van der Waals surface area contributed by atoms with Gasteiger partial charge in [0.25, 0.3) is 18.1 Å². The van der Waals surface area contributed by atoms with E-state index in [1.54, 1.807) is 7.11 Å². The molecule has 0 radical (unpaired) electrons. The molecule has 4 aromatic carbocycles. The molecule has 0 fully saturated rings. The molecular formula is C34H40O5P2. The molecule has 0 aliphatic heterocycles. The molecule has 0 aromatic heterocycles. The molecule has 0 bridgehead atoms. The fourth-order valence-corrected chi connectivity index (χ4v) is 5.56. The molecule has 0 aliphatic carbocycles. The Morgan fingerprint density at radius 1 is 0.512 bits per heavy atom. The first-order valence-corrected chi connectivity index (χ1v) is 15.3. The third kappa shape index (κ3) is 7.94. The van der Waals surface area contributed by atoms with Crippen molar-refractivity contribution in [3.63, 3.8) is 0 Å². The maximum absolute atomic E-state index is 6.21. The molecule has 0 spiro atoms. The second-order valence-corrected chi connectivity index (χ2v) is 13.1. The van der Waals surface area contributed by atoms with Gasteiger partial charge >= 0.3 is 0 Å². The molecule has 216 valence electrons. The summed E-state index contributed by atoms with van der Waals surface area (Å²) in [5, 5.41) is 0. The normalized spacial score (nSPS) is 12.2. The predicted molar refractivity (Wildman–Crippen MR) is 173 cm³/mol. The van der Waals surface area contributed by atoms with Gasteiger partial charge in [0.05, 0.1) is 7.11 Å². The summed E-state index contributed by atoms with van der Waals surface area (Å²) < 4.78 is 30.1. The topological polar surface area (TPSA) is 46.2 Å². The number of para-hydroxylation sites is 2. The van der Waals surface area contributed by atoms with Crippen LogP contribution in [-0.4, -0.2) is 7.11 Å². The van der Waals surface area contributed by atoms with Crippen LogP contribution >= 0.6 is 18.1 Å². The van der Waals surface area contributed by atoms with Crippen molar-refractivity contribution < 1.29 is 22.8 Å². The first kappa shape index (κ1) is 30.7. The number of aryl methyl sites for hydroxylation is 1. The van der Waals surface area contributed by atoms with Gasteiger partial charge in [-0.1, -0.05) is 95.6 Å². The Balaban J connectivity index is 1.49. The molecule has 0 heterocycles. The number of benzene rings is 4. The molecule has 0 N–H and O–H groups in total. The number of hydrogen-bond donors (Lipinski definition) is 0. The first-order chi connectivity index (χ1) is 19.5. The van der Waals surface area contributed by atoms with Crippen molar-refractivity contribution >= 4 is 18.1 Å². The van der Waals surface area contributed by atoms with Gasteiger partial charge < -0.3 is 22.8 Å². The second-order valence-electron chi connectivity index (χ2n) is 11.9. The zero-order chi connectivity index (χ0) is 29.6. The predicted octanol–water partition coefficient (Wildman–Crippen LogP) is 10.2. The largest absolute Gasteiger partial charge is 0.497 e. The highest BCUT2D eigenvalue weighted by Gasteiger charge is 2.22. The minimum atomic E-state index is -0.233. The van der Waals surface area contributed by atoms with E-state index < -0.39 is 0 Å². The fraction of sp³-hybridized carbons (Fsp3) is 0.294. The molecule has 0 aliphatic rings. The van der Waals surface area contributed by atoms with Gasteiger partial charge in [0.15, 0.2) is 0 Å². The van der Waals surface area contributed by atoms with E-state index in [-0.39, 0.29) is 28.9 Å². The zero-order valence-electron chi connectivity index (χ0n) is 25.1. The molecule has 4 rings (SSSR count). The molecule has 41 heavy (non-hydrogen) atoms. The molecule has 4 aromatic rings. The lowest BCUT2D eigenvalue weighted by atomic mass is 9.85. The van der Waals surface area contributed by atoms with Crippen molar-refractivity contribution in [2.45, 2.75) is 59.3 Å². The van der Waals surface area contributed by atoms with Crippen LogP contribution in [0.1, 0.15) is 58.2 Å². The SMILES string of the molecule is COc1ccc(OPOc2ccccc2-c2ccccc2OPOc2ccc(C)cc2C(C)(C)C)c(C(C)(C)C)c1. The second kappa shape index (κ2) is 13.1. The summed E-state index contributed by atoms with van der Waals surface area (Å²) >= 11 is 0. The van der Waals surface area contributed by atoms with Crippen LogP contribution in [0.15, 0.2) is 84.9 Å². The Labute approximate surface area is 248 Å². The van der Waals surface area contributed by atoms with E-state index in [4.69, 9.17) is 22.8 Å². The van der Waals surface area contributed by atoms with E-state index in [0.717, 1.165) is 45.3 Å². The van der Waals surface area contributed by atoms with Crippen LogP contribution in [0.2, 0.25) is 0 Å². The molecular weight excluding hydrogens is 550 g/mol. The molecule has 0 saturated heterocycles. The summed E-state index contributed by atoms with van der Waals surface area (Å²) in [5.74, 6) is 3.86. The van der Waals surface area contributed by atoms with Crippen molar-refractivity contribution in [3.8, 4) is 39.9 Å². The van der Waals surface area contributed by atoms with Gasteiger partial charge in [0.2, 0.25) is 0 Å². The monoisotopic (exact) mass is 590 g/mol.